The SMILES string of the molecule is CC(=O)C1CC(C(=O)Nc2cnc(-c3cccc(O)c3)nc2)=NN1c1ccccc1. The standard InChI is InChI=1S/C22H19N5O3/c1-14(28)20-11-19(26-27(20)17-7-3-2-4-8-17)22(30)25-16-12-23-21(24-13-16)15-6-5-9-18(29)10-15/h2-10,12-13,20,29H,11H2,1H3,(H,25,30). The summed E-state index contributed by atoms with van der Waals surface area (Å²) in [7, 11) is 0. The molecule has 1 aliphatic heterocycles. The summed E-state index contributed by atoms with van der Waals surface area (Å²) in [4.78, 5) is 33.2. The second-order valence-electron chi connectivity index (χ2n) is 6.86. The minimum Gasteiger partial charge on any atom is -0.508 e. The van der Waals surface area contributed by atoms with Gasteiger partial charge in [0.05, 0.1) is 23.8 Å². The van der Waals surface area contributed by atoms with E-state index in [1.807, 2.05) is 30.3 Å². The first kappa shape index (κ1) is 19.3. The number of phenolic OH excluding ortho intramolecular Hbond substituents is 1. The van der Waals surface area contributed by atoms with E-state index >= 15 is 0 Å². The van der Waals surface area contributed by atoms with E-state index in [1.165, 1.54) is 19.3 Å². The van der Waals surface area contributed by atoms with Crippen LogP contribution in [0.25, 0.3) is 11.4 Å². The maximum absolute atomic E-state index is 12.7. The largest absolute Gasteiger partial charge is 0.508 e. The molecule has 0 spiro atoms. The molecule has 4 rings (SSSR count). The van der Waals surface area contributed by atoms with Crippen LogP contribution in [0.4, 0.5) is 11.4 Å². The number of hydrazone groups is 1. The summed E-state index contributed by atoms with van der Waals surface area (Å²) >= 11 is 0. The van der Waals surface area contributed by atoms with Crippen molar-refractivity contribution in [2.75, 3.05) is 10.3 Å². The molecule has 0 fully saturated rings. The summed E-state index contributed by atoms with van der Waals surface area (Å²) in [5.74, 6) is 0.0716. The highest BCUT2D eigenvalue weighted by Crippen LogP contribution is 2.25. The molecule has 1 unspecified atom stereocenters. The number of benzene rings is 2. The molecule has 2 aromatic carbocycles. The first-order valence-electron chi connectivity index (χ1n) is 9.36. The van der Waals surface area contributed by atoms with Gasteiger partial charge in [0.1, 0.15) is 17.5 Å². The number of hydrogen-bond donors (Lipinski definition) is 2. The fourth-order valence-electron chi connectivity index (χ4n) is 3.17. The predicted molar refractivity (Wildman–Crippen MR) is 113 cm³/mol. The Kier molecular flexibility index (Phi) is 5.21. The van der Waals surface area contributed by atoms with E-state index in [0.717, 1.165) is 5.69 Å². The molecule has 30 heavy (non-hydrogen) atoms. The maximum atomic E-state index is 12.7. The third kappa shape index (κ3) is 4.02. The zero-order valence-corrected chi connectivity index (χ0v) is 16.2. The molecule has 1 atom stereocenters. The molecule has 1 aliphatic rings. The Bertz CT molecular complexity index is 1110. The molecular weight excluding hydrogens is 382 g/mol. The van der Waals surface area contributed by atoms with E-state index in [-0.39, 0.29) is 23.7 Å². The fourth-order valence-corrected chi connectivity index (χ4v) is 3.17. The molecule has 0 saturated heterocycles. The van der Waals surface area contributed by atoms with Crippen LogP contribution in [0.3, 0.4) is 0 Å². The molecule has 0 saturated carbocycles. The van der Waals surface area contributed by atoms with Gasteiger partial charge in [-0.1, -0.05) is 30.3 Å². The van der Waals surface area contributed by atoms with Gasteiger partial charge in [-0.2, -0.15) is 5.10 Å². The van der Waals surface area contributed by atoms with Crippen molar-refractivity contribution >= 4 is 28.8 Å². The van der Waals surface area contributed by atoms with Gasteiger partial charge in [-0.05, 0) is 31.2 Å². The van der Waals surface area contributed by atoms with E-state index in [9.17, 15) is 14.7 Å². The molecule has 0 aliphatic carbocycles. The van der Waals surface area contributed by atoms with E-state index in [4.69, 9.17) is 0 Å². The molecule has 1 amide bonds. The summed E-state index contributed by atoms with van der Waals surface area (Å²) in [5, 5.41) is 18.3. The summed E-state index contributed by atoms with van der Waals surface area (Å²) in [6, 6.07) is 15.3. The number of aromatic hydroxyl groups is 1. The summed E-state index contributed by atoms with van der Waals surface area (Å²) in [5.41, 5.74) is 2.08. The van der Waals surface area contributed by atoms with Crippen LogP contribution in [0.1, 0.15) is 13.3 Å². The van der Waals surface area contributed by atoms with Gasteiger partial charge in [-0.25, -0.2) is 9.97 Å². The maximum Gasteiger partial charge on any atom is 0.272 e. The van der Waals surface area contributed by atoms with Crippen LogP contribution >= 0.6 is 0 Å². The highest BCUT2D eigenvalue weighted by atomic mass is 16.3. The second kappa shape index (κ2) is 8.12. The van der Waals surface area contributed by atoms with Crippen LogP contribution in [-0.2, 0) is 9.59 Å². The Labute approximate surface area is 172 Å². The van der Waals surface area contributed by atoms with Gasteiger partial charge < -0.3 is 10.4 Å². The number of nitrogens with zero attached hydrogens (tertiary/aromatic N) is 4. The average Bonchev–Trinajstić information content (AvgIpc) is 3.21. The zero-order valence-electron chi connectivity index (χ0n) is 16.2. The number of amides is 1. The quantitative estimate of drug-likeness (QED) is 0.680. The van der Waals surface area contributed by atoms with Crippen LogP contribution in [0.5, 0.6) is 5.75 Å². The van der Waals surface area contributed by atoms with Crippen molar-refractivity contribution in [2.45, 2.75) is 19.4 Å². The van der Waals surface area contributed by atoms with Crippen molar-refractivity contribution < 1.29 is 14.7 Å². The Morgan fingerprint density at radius 1 is 1.07 bits per heavy atom. The van der Waals surface area contributed by atoms with Gasteiger partial charge in [0.2, 0.25) is 0 Å². The topological polar surface area (TPSA) is 108 Å². The van der Waals surface area contributed by atoms with Gasteiger partial charge in [-0.15, -0.1) is 0 Å². The Balaban J connectivity index is 1.50. The Hall–Kier alpha value is -4.07. The van der Waals surface area contributed by atoms with E-state index in [2.05, 4.69) is 20.4 Å². The number of aromatic nitrogens is 2. The highest BCUT2D eigenvalue weighted by Gasteiger charge is 2.34. The van der Waals surface area contributed by atoms with Crippen molar-refractivity contribution in [1.29, 1.82) is 0 Å². The molecule has 3 aromatic rings. The lowest BCUT2D eigenvalue weighted by Gasteiger charge is -2.20. The number of carbonyl (C=O) groups excluding carboxylic acids is 2. The van der Waals surface area contributed by atoms with E-state index in [0.29, 0.717) is 17.1 Å². The second-order valence-corrected chi connectivity index (χ2v) is 6.86. The number of phenols is 1. The van der Waals surface area contributed by atoms with Gasteiger partial charge in [0.15, 0.2) is 11.6 Å². The number of Topliss-reactive ketones (excluding diaryl/α,β-unsaturated/α-hetero) is 1. The summed E-state index contributed by atoms with van der Waals surface area (Å²) in [6.45, 7) is 1.49. The van der Waals surface area contributed by atoms with Crippen LogP contribution < -0.4 is 10.3 Å². The number of ketones is 1. The lowest BCUT2D eigenvalue weighted by molar-refractivity contribution is -0.118. The minimum atomic E-state index is -0.516. The van der Waals surface area contributed by atoms with Gasteiger partial charge >= 0.3 is 0 Å². The first-order chi connectivity index (χ1) is 14.5. The van der Waals surface area contributed by atoms with E-state index in [1.54, 1.807) is 29.3 Å². The van der Waals surface area contributed by atoms with Crippen LogP contribution in [-0.4, -0.2) is 38.5 Å². The lowest BCUT2D eigenvalue weighted by Crippen LogP contribution is -2.33. The molecule has 1 aromatic heterocycles. The van der Waals surface area contributed by atoms with E-state index < -0.39 is 11.9 Å². The number of hydrogen-bond acceptors (Lipinski definition) is 7. The average molecular weight is 401 g/mol. The number of anilines is 2. The molecule has 8 nitrogen and oxygen atoms in total. The number of rotatable bonds is 5. The third-order valence-corrected chi connectivity index (χ3v) is 4.68. The molecule has 150 valence electrons. The monoisotopic (exact) mass is 401 g/mol. The van der Waals surface area contributed by atoms with Gasteiger partial charge in [0.25, 0.3) is 5.91 Å². The smallest absolute Gasteiger partial charge is 0.272 e. The number of para-hydroxylation sites is 1. The third-order valence-electron chi connectivity index (χ3n) is 4.68. The highest BCUT2D eigenvalue weighted by molar-refractivity contribution is 6.44. The minimum absolute atomic E-state index is 0.0656. The van der Waals surface area contributed by atoms with Crippen LogP contribution in [0.2, 0.25) is 0 Å². The van der Waals surface area contributed by atoms with Crippen LogP contribution in [0, 0.1) is 0 Å². The Morgan fingerprint density at radius 2 is 1.80 bits per heavy atom. The van der Waals surface area contributed by atoms with Crippen LogP contribution in [0.15, 0.2) is 72.1 Å². The normalized spacial score (nSPS) is 15.6. The van der Waals surface area contributed by atoms with Crippen molar-refractivity contribution in [1.82, 2.24) is 9.97 Å². The van der Waals surface area contributed by atoms with Crippen molar-refractivity contribution in [3.05, 3.63) is 67.0 Å². The van der Waals surface area contributed by atoms with Crippen molar-refractivity contribution in [3.8, 4) is 17.1 Å². The molecular formula is C22H19N5O3. The Morgan fingerprint density at radius 3 is 2.47 bits per heavy atom. The summed E-state index contributed by atoms with van der Waals surface area (Å²) in [6.07, 6.45) is 3.19. The molecule has 8 heteroatoms. The first-order valence-corrected chi connectivity index (χ1v) is 9.36. The predicted octanol–water partition coefficient (Wildman–Crippen LogP) is 3.01. The molecule has 2 heterocycles. The molecule has 0 bridgehead atoms. The fraction of sp³-hybridized carbons (Fsp3) is 0.136. The van der Waals surface area contributed by atoms with Gasteiger partial charge in [-0.3, -0.25) is 14.6 Å². The number of carbonyl (C=O) groups is 2. The summed E-state index contributed by atoms with van der Waals surface area (Å²) < 4.78 is 0. The number of nitrogens with one attached hydrogen (secondary N) is 1. The molecule has 2 N–H and O–H groups in total. The zero-order chi connectivity index (χ0) is 21.1. The van der Waals surface area contributed by atoms with Crippen molar-refractivity contribution in [2.24, 2.45) is 5.10 Å². The van der Waals surface area contributed by atoms with Crippen molar-refractivity contribution in [3.63, 3.8) is 0 Å². The lowest BCUT2D eigenvalue weighted by atomic mass is 10.1. The molecule has 0 radical (unpaired) electrons. The van der Waals surface area contributed by atoms with Gasteiger partial charge in [0, 0.05) is 12.0 Å².